The van der Waals surface area contributed by atoms with Crippen LogP contribution in [0.3, 0.4) is 0 Å². The molecule has 0 aromatic carbocycles. The molecule has 0 aliphatic carbocycles. The van der Waals surface area contributed by atoms with Gasteiger partial charge in [-0.1, -0.05) is 0 Å². The molecule has 0 spiro atoms. The molecule has 10 heavy (non-hydrogen) atoms. The van der Waals surface area contributed by atoms with Gasteiger partial charge in [0.2, 0.25) is 0 Å². The molecule has 1 aliphatic heterocycles. The Hall–Kier alpha value is -0.340. The first-order valence-corrected chi connectivity index (χ1v) is 3.75. The van der Waals surface area contributed by atoms with E-state index in [1.165, 1.54) is 5.57 Å². The summed E-state index contributed by atoms with van der Waals surface area (Å²) in [6, 6.07) is 0. The fourth-order valence-corrected chi connectivity index (χ4v) is 1.16. The van der Waals surface area contributed by atoms with Crippen molar-refractivity contribution in [2.24, 2.45) is 0 Å². The predicted octanol–water partition coefficient (Wildman–Crippen LogP) is 0.385. The molecule has 58 valence electrons. The lowest BCUT2D eigenvalue weighted by Gasteiger charge is -2.32. The zero-order valence-electron chi connectivity index (χ0n) is 6.80. The van der Waals surface area contributed by atoms with Crippen LogP contribution in [0.25, 0.3) is 0 Å². The van der Waals surface area contributed by atoms with E-state index in [4.69, 9.17) is 5.11 Å². The smallest absolute Gasteiger partial charge is 0.0973 e. The third-order valence-electron chi connectivity index (χ3n) is 2.12. The highest BCUT2D eigenvalue weighted by Crippen LogP contribution is 2.12. The molecule has 0 amide bonds. The van der Waals surface area contributed by atoms with Gasteiger partial charge >= 0.3 is 0 Å². The van der Waals surface area contributed by atoms with Crippen molar-refractivity contribution >= 4 is 0 Å². The van der Waals surface area contributed by atoms with E-state index >= 15 is 0 Å². The minimum Gasteiger partial charge on any atom is -0.392 e. The molecule has 0 fully saturated rings. The molecule has 0 aromatic heterocycles. The largest absolute Gasteiger partial charge is 0.392 e. The normalized spacial score (nSPS) is 24.1. The summed E-state index contributed by atoms with van der Waals surface area (Å²) in [7, 11) is 4.43. The Morgan fingerprint density at radius 2 is 2.30 bits per heavy atom. The third kappa shape index (κ3) is 1.82. The monoisotopic (exact) mass is 142 g/mol. The average molecular weight is 142 g/mol. The van der Waals surface area contributed by atoms with Crippen LogP contribution in [-0.2, 0) is 0 Å². The van der Waals surface area contributed by atoms with Gasteiger partial charge < -0.3 is 9.59 Å². The van der Waals surface area contributed by atoms with Crippen LogP contribution in [0.1, 0.15) is 6.42 Å². The maximum absolute atomic E-state index is 8.79. The number of rotatable bonds is 1. The first-order chi connectivity index (χ1) is 4.64. The molecule has 0 saturated carbocycles. The number of aliphatic hydroxyl groups excluding tert-OH is 1. The van der Waals surface area contributed by atoms with E-state index in [1.54, 1.807) is 0 Å². The Bertz CT molecular complexity index is 149. The first kappa shape index (κ1) is 7.76. The van der Waals surface area contributed by atoms with Crippen molar-refractivity contribution < 1.29 is 9.59 Å². The molecule has 1 heterocycles. The highest BCUT2D eigenvalue weighted by molar-refractivity contribution is 5.04. The second kappa shape index (κ2) is 2.72. The molecule has 0 bridgehead atoms. The van der Waals surface area contributed by atoms with Gasteiger partial charge in [-0.05, 0) is 11.6 Å². The lowest BCUT2D eigenvalue weighted by atomic mass is 10.1. The summed E-state index contributed by atoms with van der Waals surface area (Å²) < 4.78 is 1.06. The van der Waals surface area contributed by atoms with Crippen LogP contribution in [0.15, 0.2) is 11.6 Å². The Balaban J connectivity index is 2.52. The van der Waals surface area contributed by atoms with Gasteiger partial charge in [0.15, 0.2) is 0 Å². The molecule has 0 saturated heterocycles. The van der Waals surface area contributed by atoms with Crippen molar-refractivity contribution in [1.82, 2.24) is 0 Å². The van der Waals surface area contributed by atoms with E-state index in [0.29, 0.717) is 0 Å². The second-order valence-corrected chi connectivity index (χ2v) is 3.61. The van der Waals surface area contributed by atoms with E-state index in [2.05, 4.69) is 20.2 Å². The summed E-state index contributed by atoms with van der Waals surface area (Å²) in [5.74, 6) is 0. The topological polar surface area (TPSA) is 20.2 Å². The van der Waals surface area contributed by atoms with Gasteiger partial charge in [0.25, 0.3) is 0 Å². The minimum atomic E-state index is 0.250. The molecule has 0 aromatic rings. The van der Waals surface area contributed by atoms with Gasteiger partial charge in [0, 0.05) is 6.42 Å². The molecule has 0 atom stereocenters. The SMILES string of the molecule is C[N+]1(C)CC=C(CO)CC1. The van der Waals surface area contributed by atoms with Crippen LogP contribution in [0.2, 0.25) is 0 Å². The second-order valence-electron chi connectivity index (χ2n) is 3.61. The summed E-state index contributed by atoms with van der Waals surface area (Å²) >= 11 is 0. The third-order valence-corrected chi connectivity index (χ3v) is 2.12. The first-order valence-electron chi connectivity index (χ1n) is 3.75. The van der Waals surface area contributed by atoms with E-state index in [9.17, 15) is 0 Å². The molecule has 0 radical (unpaired) electrons. The summed E-state index contributed by atoms with van der Waals surface area (Å²) in [5.41, 5.74) is 1.21. The number of hydrogen-bond donors (Lipinski definition) is 1. The summed E-state index contributed by atoms with van der Waals surface area (Å²) in [6.07, 6.45) is 3.22. The number of nitrogens with zero attached hydrogens (tertiary/aromatic N) is 1. The predicted molar refractivity (Wildman–Crippen MR) is 41.6 cm³/mol. The Kier molecular flexibility index (Phi) is 2.11. The van der Waals surface area contributed by atoms with Gasteiger partial charge in [-0.15, -0.1) is 0 Å². The van der Waals surface area contributed by atoms with Crippen LogP contribution >= 0.6 is 0 Å². The zero-order valence-corrected chi connectivity index (χ0v) is 6.80. The number of aliphatic hydroxyl groups is 1. The van der Waals surface area contributed by atoms with Gasteiger partial charge in [0.1, 0.15) is 0 Å². The lowest BCUT2D eigenvalue weighted by Crippen LogP contribution is -2.43. The van der Waals surface area contributed by atoms with Crippen molar-refractivity contribution in [1.29, 1.82) is 0 Å². The molecule has 1 rings (SSSR count). The lowest BCUT2D eigenvalue weighted by molar-refractivity contribution is -0.886. The zero-order chi connectivity index (χ0) is 7.61. The maximum Gasteiger partial charge on any atom is 0.0973 e. The van der Waals surface area contributed by atoms with Crippen molar-refractivity contribution in [3.8, 4) is 0 Å². The van der Waals surface area contributed by atoms with E-state index in [1.807, 2.05) is 0 Å². The van der Waals surface area contributed by atoms with Crippen molar-refractivity contribution in [2.75, 3.05) is 33.8 Å². The number of likely N-dealkylation sites (N-methyl/N-ethyl adjacent to an activating group) is 1. The summed E-state index contributed by atoms with van der Waals surface area (Å²) in [6.45, 7) is 2.47. The molecule has 1 N–H and O–H groups in total. The van der Waals surface area contributed by atoms with Crippen LogP contribution in [-0.4, -0.2) is 43.4 Å². The molecule has 2 nitrogen and oxygen atoms in total. The molecular formula is C8H16NO+. The van der Waals surface area contributed by atoms with Crippen molar-refractivity contribution in [3.05, 3.63) is 11.6 Å². The van der Waals surface area contributed by atoms with Crippen LogP contribution in [0, 0.1) is 0 Å². The molecule has 2 heteroatoms. The van der Waals surface area contributed by atoms with Crippen LogP contribution in [0.4, 0.5) is 0 Å². The Labute approximate surface area is 62.4 Å². The summed E-state index contributed by atoms with van der Waals surface area (Å²) in [4.78, 5) is 0. The van der Waals surface area contributed by atoms with Gasteiger partial charge in [-0.2, -0.15) is 0 Å². The van der Waals surface area contributed by atoms with E-state index < -0.39 is 0 Å². The van der Waals surface area contributed by atoms with E-state index in [-0.39, 0.29) is 6.61 Å². The van der Waals surface area contributed by atoms with Gasteiger partial charge in [-0.3, -0.25) is 0 Å². The Morgan fingerprint density at radius 1 is 1.60 bits per heavy atom. The van der Waals surface area contributed by atoms with Gasteiger partial charge in [0.05, 0.1) is 33.8 Å². The maximum atomic E-state index is 8.79. The average Bonchev–Trinajstić information content (AvgIpc) is 1.88. The van der Waals surface area contributed by atoms with Crippen LogP contribution < -0.4 is 0 Å². The highest BCUT2D eigenvalue weighted by Gasteiger charge is 2.18. The van der Waals surface area contributed by atoms with Crippen molar-refractivity contribution in [3.63, 3.8) is 0 Å². The van der Waals surface area contributed by atoms with Crippen molar-refractivity contribution in [2.45, 2.75) is 6.42 Å². The summed E-state index contributed by atoms with van der Waals surface area (Å²) in [5, 5.41) is 8.79. The molecule has 0 unspecified atom stereocenters. The van der Waals surface area contributed by atoms with Crippen LogP contribution in [0.5, 0.6) is 0 Å². The molecular weight excluding hydrogens is 126 g/mol. The standard InChI is InChI=1S/C8H16NO/c1-9(2)5-3-8(7-10)4-6-9/h3,10H,4-7H2,1-2H3/q+1. The fourth-order valence-electron chi connectivity index (χ4n) is 1.16. The fraction of sp³-hybridized carbons (Fsp3) is 0.750. The Morgan fingerprint density at radius 3 is 2.70 bits per heavy atom. The number of quaternary nitrogens is 1. The highest BCUT2D eigenvalue weighted by atomic mass is 16.3. The quantitative estimate of drug-likeness (QED) is 0.414. The van der Waals surface area contributed by atoms with Gasteiger partial charge in [-0.25, -0.2) is 0 Å². The van der Waals surface area contributed by atoms with E-state index in [0.717, 1.165) is 24.0 Å². The minimum absolute atomic E-state index is 0.250. The number of hydrogen-bond acceptors (Lipinski definition) is 1. The molecule has 1 aliphatic rings.